The van der Waals surface area contributed by atoms with Crippen LogP contribution in [0.3, 0.4) is 0 Å². The van der Waals surface area contributed by atoms with E-state index in [1.54, 1.807) is 25.4 Å². The molecule has 15 heteroatoms. The fourth-order valence-corrected chi connectivity index (χ4v) is 9.37. The van der Waals surface area contributed by atoms with E-state index in [1.807, 2.05) is 38.2 Å². The number of aromatic nitrogens is 2. The topological polar surface area (TPSA) is 191 Å². The minimum atomic E-state index is -1.54. The number of hydrogen-bond acceptors (Lipinski definition) is 11. The molecule has 7 rings (SSSR count). The second kappa shape index (κ2) is 18.2. The monoisotopic (exact) mass is 851 g/mol. The van der Waals surface area contributed by atoms with E-state index in [0.29, 0.717) is 57.4 Å². The Morgan fingerprint density at radius 1 is 1.13 bits per heavy atom. The Morgan fingerprint density at radius 2 is 1.92 bits per heavy atom. The van der Waals surface area contributed by atoms with Crippen LogP contribution in [0, 0.1) is 11.3 Å². The molecule has 2 aromatic carbocycles. The number of benzene rings is 2. The van der Waals surface area contributed by atoms with Gasteiger partial charge in [0.1, 0.15) is 23.9 Å². The Kier molecular flexibility index (Phi) is 13.1. The molecule has 2 fully saturated rings. The number of amides is 3. The normalized spacial score (nSPS) is 22.3. The molecule has 3 amide bonds. The van der Waals surface area contributed by atoms with Gasteiger partial charge in [-0.15, -0.1) is 0 Å². The first-order valence-electron chi connectivity index (χ1n) is 21.7. The first kappa shape index (κ1) is 44.7. The molecule has 15 nitrogen and oxygen atoms in total. The molecule has 2 aromatic heterocycles. The summed E-state index contributed by atoms with van der Waals surface area (Å²) in [4.78, 5) is 62.3. The van der Waals surface area contributed by atoms with Gasteiger partial charge in [-0.1, -0.05) is 39.8 Å². The van der Waals surface area contributed by atoms with E-state index in [2.05, 4.69) is 53.2 Å². The van der Waals surface area contributed by atoms with Gasteiger partial charge < -0.3 is 34.1 Å². The van der Waals surface area contributed by atoms with Crippen LogP contribution in [0.4, 0.5) is 0 Å². The van der Waals surface area contributed by atoms with Crippen molar-refractivity contribution in [2.24, 2.45) is 17.1 Å². The number of pyridine rings is 1. The predicted octanol–water partition coefficient (Wildman–Crippen LogP) is 4.84. The lowest BCUT2D eigenvalue weighted by atomic mass is 9.84. The number of nitrogens with one attached hydrogen (secondary N) is 2. The molecule has 0 spiro atoms. The number of nitrogens with zero attached hydrogens (tertiary/aromatic N) is 4. The van der Waals surface area contributed by atoms with Gasteiger partial charge in [-0.25, -0.2) is 5.43 Å². The molecule has 2 saturated heterocycles. The van der Waals surface area contributed by atoms with Gasteiger partial charge >= 0.3 is 5.97 Å². The molecule has 3 aliphatic heterocycles. The van der Waals surface area contributed by atoms with E-state index in [0.717, 1.165) is 44.4 Å². The number of nitrogens with two attached hydrogens (primary N) is 1. The molecule has 0 aliphatic carbocycles. The number of methoxy groups -OCH3 is 1. The van der Waals surface area contributed by atoms with Gasteiger partial charge in [0.15, 0.2) is 5.72 Å². The molecule has 332 valence electrons. The molecule has 3 aliphatic rings. The van der Waals surface area contributed by atoms with Crippen LogP contribution in [0.1, 0.15) is 77.0 Å². The summed E-state index contributed by atoms with van der Waals surface area (Å²) in [6.07, 6.45) is 6.09. The first-order valence-corrected chi connectivity index (χ1v) is 21.7. The van der Waals surface area contributed by atoms with Crippen LogP contribution in [0.25, 0.3) is 33.3 Å². The van der Waals surface area contributed by atoms with Crippen molar-refractivity contribution in [3.63, 3.8) is 0 Å². The summed E-state index contributed by atoms with van der Waals surface area (Å²) in [6.45, 7) is 11.7. The summed E-state index contributed by atoms with van der Waals surface area (Å²) in [5.74, 6) is -2.39. The largest absolute Gasteiger partial charge is 0.508 e. The van der Waals surface area contributed by atoms with Crippen LogP contribution < -0.4 is 16.5 Å². The highest BCUT2D eigenvalue weighted by molar-refractivity contribution is 5.96. The number of carbonyl (C=O) groups is 4. The van der Waals surface area contributed by atoms with Crippen molar-refractivity contribution >= 4 is 34.6 Å². The number of fused-ring (bicyclic) bond motifs is 6. The second-order valence-electron chi connectivity index (χ2n) is 18.1. The van der Waals surface area contributed by atoms with Gasteiger partial charge in [-0.05, 0) is 96.7 Å². The number of hydrazine groups is 1. The molecule has 5 heterocycles. The SMILES string of the molecule is CCn1c(-c2cnccc2COC)c2c3cc(ccc31)-c1cc(O)cc(c1)C[C@H](NC(=O)[C@H](C(C)C)N(C)C(=O)[C@@]1(N)CCCO1)C(=O)N1CCC[C@H](N1)C(=O)OCC(C)(C)C2. The molecule has 0 saturated carbocycles. The molecule has 62 heavy (non-hydrogen) atoms. The van der Waals surface area contributed by atoms with Crippen LogP contribution in [0.5, 0.6) is 5.75 Å². The zero-order valence-electron chi connectivity index (χ0n) is 37.0. The highest BCUT2D eigenvalue weighted by Gasteiger charge is 2.45. The van der Waals surface area contributed by atoms with E-state index >= 15 is 0 Å². The fourth-order valence-electron chi connectivity index (χ4n) is 9.37. The molecule has 6 bridgehead atoms. The summed E-state index contributed by atoms with van der Waals surface area (Å²) in [5, 5.41) is 16.6. The molecule has 0 unspecified atom stereocenters. The quantitative estimate of drug-likeness (QED) is 0.169. The average molecular weight is 852 g/mol. The number of phenols is 1. The summed E-state index contributed by atoms with van der Waals surface area (Å²) >= 11 is 0. The van der Waals surface area contributed by atoms with Crippen molar-refractivity contribution in [1.82, 2.24) is 30.2 Å². The number of carbonyl (C=O) groups excluding carboxylic acids is 4. The van der Waals surface area contributed by atoms with Crippen molar-refractivity contribution < 1.29 is 38.5 Å². The van der Waals surface area contributed by atoms with Gasteiger partial charge in [0.2, 0.25) is 5.91 Å². The number of rotatable bonds is 9. The van der Waals surface area contributed by atoms with Crippen molar-refractivity contribution in [3.05, 3.63) is 71.5 Å². The Bertz CT molecular complexity index is 2330. The zero-order chi connectivity index (χ0) is 44.5. The van der Waals surface area contributed by atoms with E-state index in [4.69, 9.17) is 19.9 Å². The van der Waals surface area contributed by atoms with Crippen LogP contribution in [-0.4, -0.2) is 106 Å². The number of esters is 1. The van der Waals surface area contributed by atoms with Crippen molar-refractivity contribution in [2.45, 2.75) is 110 Å². The third kappa shape index (κ3) is 9.08. The van der Waals surface area contributed by atoms with Crippen molar-refractivity contribution in [2.75, 3.05) is 33.9 Å². The maximum Gasteiger partial charge on any atom is 0.324 e. The molecular weight excluding hydrogens is 791 g/mol. The standard InChI is InChI=1S/C47H61N7O8/c1-8-53-39-13-12-30-23-34(39)35(41(53)36-25-49-16-14-31(36)26-60-7)24-46(4,5)27-61-44(58)37-11-9-17-54(51-37)43(57)38(21-29-19-32(30)22-33(55)20-29)50-42(56)40(28(2)3)52(6)45(59)47(48)15-10-18-62-47/h12-14,16,19-20,22-23,25,28,37-38,40,51,55H,8-11,15,17-18,21,24,26-27,48H2,1-7H3,(H,50,56)/t37-,38-,40-,47+/m0/s1. The van der Waals surface area contributed by atoms with Crippen molar-refractivity contribution in [1.29, 1.82) is 0 Å². The fraction of sp³-hybridized carbons (Fsp3) is 0.511. The lowest BCUT2D eigenvalue weighted by molar-refractivity contribution is -0.158. The van der Waals surface area contributed by atoms with Crippen molar-refractivity contribution in [3.8, 4) is 28.1 Å². The van der Waals surface area contributed by atoms with Crippen LogP contribution >= 0.6 is 0 Å². The smallest absolute Gasteiger partial charge is 0.324 e. The predicted molar refractivity (Wildman–Crippen MR) is 234 cm³/mol. The molecule has 0 radical (unpaired) electrons. The van der Waals surface area contributed by atoms with E-state index in [9.17, 15) is 24.3 Å². The number of aryl methyl sites for hydroxylation is 1. The van der Waals surface area contributed by atoms with Gasteiger partial charge in [0.05, 0.1) is 18.9 Å². The minimum absolute atomic E-state index is 0.00694. The number of aromatic hydroxyl groups is 1. The first-order chi connectivity index (χ1) is 29.5. The number of likely N-dealkylation sites (N-methyl/N-ethyl adjacent to an activating group) is 1. The Morgan fingerprint density at radius 3 is 2.63 bits per heavy atom. The van der Waals surface area contributed by atoms with Gasteiger partial charge in [-0.2, -0.15) is 0 Å². The van der Waals surface area contributed by atoms with Gasteiger partial charge in [0, 0.05) is 81.0 Å². The van der Waals surface area contributed by atoms with E-state index < -0.39 is 53.0 Å². The third-order valence-electron chi connectivity index (χ3n) is 12.4. The Hall–Kier alpha value is -5.35. The lowest BCUT2D eigenvalue weighted by Gasteiger charge is -2.37. The van der Waals surface area contributed by atoms with Crippen LogP contribution in [0.15, 0.2) is 54.9 Å². The zero-order valence-corrected chi connectivity index (χ0v) is 37.0. The molecule has 5 N–H and O–H groups in total. The number of phenolic OH excluding ortho intramolecular Hbond substituents is 1. The Balaban J connectivity index is 1.34. The van der Waals surface area contributed by atoms with E-state index in [1.165, 1.54) is 17.0 Å². The number of cyclic esters (lactones) is 1. The molecule has 4 aromatic rings. The maximum atomic E-state index is 14.6. The van der Waals surface area contributed by atoms with E-state index in [-0.39, 0.29) is 31.2 Å². The number of hydrogen-bond donors (Lipinski definition) is 4. The molecule has 4 atom stereocenters. The highest BCUT2D eigenvalue weighted by Crippen LogP contribution is 2.41. The highest BCUT2D eigenvalue weighted by atomic mass is 16.5. The summed E-state index contributed by atoms with van der Waals surface area (Å²) in [6, 6.07) is 10.4. The maximum absolute atomic E-state index is 14.6. The Labute approximate surface area is 363 Å². The summed E-state index contributed by atoms with van der Waals surface area (Å²) in [5.41, 5.74) is 14.6. The lowest BCUT2D eigenvalue weighted by Crippen LogP contribution is -2.63. The third-order valence-corrected chi connectivity index (χ3v) is 12.4. The summed E-state index contributed by atoms with van der Waals surface area (Å²) in [7, 11) is 3.20. The summed E-state index contributed by atoms with van der Waals surface area (Å²) < 4.78 is 19.6. The molecular formula is C47H61N7O8. The minimum Gasteiger partial charge on any atom is -0.508 e. The van der Waals surface area contributed by atoms with Crippen LogP contribution in [-0.2, 0) is 59.4 Å². The van der Waals surface area contributed by atoms with Gasteiger partial charge in [0.25, 0.3) is 11.8 Å². The van der Waals surface area contributed by atoms with Crippen LogP contribution in [0.2, 0.25) is 0 Å². The second-order valence-corrected chi connectivity index (χ2v) is 18.1. The average Bonchev–Trinajstić information content (AvgIpc) is 3.82. The van der Waals surface area contributed by atoms with Gasteiger partial charge in [-0.3, -0.25) is 34.9 Å². The number of ether oxygens (including phenoxy) is 3.